The van der Waals surface area contributed by atoms with E-state index in [1.807, 2.05) is 11.0 Å². The van der Waals surface area contributed by atoms with Crippen molar-refractivity contribution in [1.29, 1.82) is 0 Å². The molecule has 2 spiro atoms. The largest absolute Gasteiger partial charge is 0.370 e. The van der Waals surface area contributed by atoms with Gasteiger partial charge in [-0.05, 0) is 94.8 Å². The summed E-state index contributed by atoms with van der Waals surface area (Å²) in [5.41, 5.74) is 8.55. The number of fused-ring (bicyclic) bond motifs is 1. The van der Waals surface area contributed by atoms with Crippen LogP contribution in [0.5, 0.6) is 0 Å². The zero-order chi connectivity index (χ0) is 46.3. The number of sulfonamides is 1. The fourth-order valence-corrected chi connectivity index (χ4v) is 13.3. The molecule has 17 nitrogen and oxygen atoms in total. The van der Waals surface area contributed by atoms with Crippen LogP contribution in [-0.4, -0.2) is 119 Å². The third-order valence-corrected chi connectivity index (χ3v) is 17.5. The van der Waals surface area contributed by atoms with Crippen molar-refractivity contribution in [2.24, 2.45) is 16.0 Å². The monoisotopic (exact) mass is 938 g/mol. The molecule has 7 heterocycles. The maximum Gasteiger partial charge on any atom is 0.262 e. The van der Waals surface area contributed by atoms with E-state index in [2.05, 4.69) is 25.1 Å². The Morgan fingerprint density at radius 3 is 2.32 bits per heavy atom. The Kier molecular flexibility index (Phi) is 11.1. The van der Waals surface area contributed by atoms with Crippen molar-refractivity contribution in [1.82, 2.24) is 35.0 Å². The summed E-state index contributed by atoms with van der Waals surface area (Å²) >= 11 is 1.44. The molecule has 5 aliphatic heterocycles. The zero-order valence-corrected chi connectivity index (χ0v) is 38.1. The maximum absolute atomic E-state index is 16.3. The molecule has 10 rings (SSSR count). The molecule has 346 valence electrons. The van der Waals surface area contributed by atoms with Crippen molar-refractivity contribution in [2.45, 2.75) is 81.9 Å². The third kappa shape index (κ3) is 7.84. The number of nitrogens with one attached hydrogen (secondary N) is 1. The van der Waals surface area contributed by atoms with Gasteiger partial charge in [-0.2, -0.15) is 0 Å². The average molecular weight is 939 g/mol. The lowest BCUT2D eigenvalue weighted by Crippen LogP contribution is -2.63. The van der Waals surface area contributed by atoms with Crippen molar-refractivity contribution >= 4 is 62.5 Å². The molecule has 1 aliphatic carbocycles. The van der Waals surface area contributed by atoms with E-state index in [9.17, 15) is 32.4 Å². The van der Waals surface area contributed by atoms with Crippen molar-refractivity contribution in [3.63, 3.8) is 0 Å². The normalized spacial score (nSPS) is 22.3. The molecule has 4 saturated heterocycles. The molecule has 66 heavy (non-hydrogen) atoms. The fraction of sp³-hybridized carbons (Fsp3) is 0.478. The number of amides is 5. The minimum absolute atomic E-state index is 0.00394. The van der Waals surface area contributed by atoms with Gasteiger partial charge in [0.2, 0.25) is 33.7 Å². The first kappa shape index (κ1) is 44.2. The highest BCUT2D eigenvalue weighted by molar-refractivity contribution is 7.89. The van der Waals surface area contributed by atoms with E-state index in [4.69, 9.17) is 15.9 Å². The van der Waals surface area contributed by atoms with Gasteiger partial charge in [0.1, 0.15) is 17.1 Å². The maximum atomic E-state index is 16.3. The number of rotatable bonds is 10. The second-order valence-corrected chi connectivity index (χ2v) is 21.8. The summed E-state index contributed by atoms with van der Waals surface area (Å²) in [4.78, 5) is 85.8. The number of carbonyl (C=O) groups excluding carboxylic acids is 5. The van der Waals surface area contributed by atoms with E-state index in [0.717, 1.165) is 93.4 Å². The Labute approximate surface area is 385 Å². The van der Waals surface area contributed by atoms with E-state index < -0.39 is 50.8 Å². The van der Waals surface area contributed by atoms with Gasteiger partial charge in [0, 0.05) is 72.4 Å². The number of halogens is 1. The van der Waals surface area contributed by atoms with Gasteiger partial charge >= 0.3 is 0 Å². The average Bonchev–Trinajstić information content (AvgIpc) is 3.81. The molecule has 5 N–H and O–H groups in total. The van der Waals surface area contributed by atoms with Crippen LogP contribution in [0.2, 0.25) is 0 Å². The van der Waals surface area contributed by atoms with Crippen LogP contribution in [0.4, 0.5) is 16.0 Å². The molecule has 0 bridgehead atoms. The molecule has 2 atom stereocenters. The molecule has 6 aliphatic rings. The van der Waals surface area contributed by atoms with Crippen LogP contribution in [0.15, 0.2) is 48.7 Å². The highest BCUT2D eigenvalue weighted by Crippen LogP contribution is 2.51. The number of imide groups is 2. The number of carbonyl (C=O) groups is 5. The van der Waals surface area contributed by atoms with Crippen LogP contribution in [0.25, 0.3) is 21.8 Å². The second kappa shape index (κ2) is 16.6. The Hall–Kier alpha value is -5.70. The fourth-order valence-electron chi connectivity index (χ4n) is 11.1. The number of nitrogens with two attached hydrogens (primary N) is 2. The van der Waals surface area contributed by atoms with Crippen LogP contribution in [-0.2, 0) is 24.4 Å². The van der Waals surface area contributed by atoms with E-state index >= 15 is 4.39 Å². The number of anilines is 2. The lowest BCUT2D eigenvalue weighted by molar-refractivity contribution is -0.147. The molecule has 2 aromatic carbocycles. The number of hydrogen-bond donors (Lipinski definition) is 3. The summed E-state index contributed by atoms with van der Waals surface area (Å²) in [6.07, 6.45) is 7.30. The first-order valence-electron chi connectivity index (χ1n) is 22.5. The van der Waals surface area contributed by atoms with E-state index in [1.54, 1.807) is 37.3 Å². The first-order valence-corrected chi connectivity index (χ1v) is 25.0. The van der Waals surface area contributed by atoms with Crippen molar-refractivity contribution in [2.75, 3.05) is 56.4 Å². The number of primary sulfonamides is 1. The van der Waals surface area contributed by atoms with Crippen LogP contribution >= 0.6 is 11.3 Å². The number of hydrogen-bond acceptors (Lipinski definition) is 14. The summed E-state index contributed by atoms with van der Waals surface area (Å²) in [6.45, 7) is 6.74. The van der Waals surface area contributed by atoms with Gasteiger partial charge in [-0.1, -0.05) is 19.1 Å². The standard InChI is InChI=1S/C46H51FN10O7S2/c1-2-34(66(49,63)64)29-4-3-5-30(37(29)47)38-39(32-12-17-50-44(48)51-32)65-41(53-38)26-10-13-45(14-11-26)24-56(25-45)36(59)21-54-18-15-46(16-19-54)22-55(23-46)27-6-7-28-31(20-27)43(62)57(42(28)61)33-8-9-35(58)52-40(33)60/h3-7,12,17,20,26,33-34H,2,8-11,13-16,18-19,21-25H2,1H3,(H2,48,50,51)(H2,49,63,64)(H,52,58,60). The zero-order valence-electron chi connectivity index (χ0n) is 36.5. The molecule has 2 unspecified atom stereocenters. The summed E-state index contributed by atoms with van der Waals surface area (Å²) in [7, 11) is -4.07. The van der Waals surface area contributed by atoms with Crippen LogP contribution in [0.1, 0.15) is 107 Å². The van der Waals surface area contributed by atoms with E-state index in [1.165, 1.54) is 23.6 Å². The highest BCUT2D eigenvalue weighted by atomic mass is 32.2. The number of nitrogens with zero attached hydrogens (tertiary/aromatic N) is 7. The minimum Gasteiger partial charge on any atom is -0.370 e. The van der Waals surface area contributed by atoms with E-state index in [0.29, 0.717) is 22.8 Å². The SMILES string of the molecule is CCC(c1cccc(-c2nc(C3CCC4(CC3)CN(C(=O)CN3CCC5(CC3)CN(c3ccc6c(c3)C(=O)N(C3CCC(=O)NC3=O)C6=O)C5)C4)sc2-c2ccnc(N)n2)c1F)S(N)(=O)=O. The van der Waals surface area contributed by atoms with Gasteiger partial charge in [0.15, 0.2) is 0 Å². The Balaban J connectivity index is 0.724. The van der Waals surface area contributed by atoms with Crippen molar-refractivity contribution in [3.05, 3.63) is 76.2 Å². The van der Waals surface area contributed by atoms with Gasteiger partial charge in [-0.15, -0.1) is 11.3 Å². The summed E-state index contributed by atoms with van der Waals surface area (Å²) in [5.74, 6) is -2.43. The topological polar surface area (TPSA) is 235 Å². The number of piperidine rings is 2. The van der Waals surface area contributed by atoms with Gasteiger partial charge in [-0.3, -0.25) is 39.1 Å². The lowest BCUT2D eigenvalue weighted by Gasteiger charge is -2.56. The second-order valence-electron chi connectivity index (χ2n) is 19.1. The molecule has 5 amide bonds. The number of aromatic nitrogens is 3. The smallest absolute Gasteiger partial charge is 0.262 e. The van der Waals surface area contributed by atoms with Crippen LogP contribution < -0.4 is 21.1 Å². The number of thiazole rings is 1. The molecular formula is C46H51FN10O7S2. The van der Waals surface area contributed by atoms with Crippen LogP contribution in [0.3, 0.4) is 0 Å². The summed E-state index contributed by atoms with van der Waals surface area (Å²) in [6, 6.07) is 10.6. The number of likely N-dealkylation sites (tertiary alicyclic amines) is 2. The lowest BCUT2D eigenvalue weighted by atomic mass is 9.66. The first-order chi connectivity index (χ1) is 31.5. The van der Waals surface area contributed by atoms with Crippen molar-refractivity contribution < 1.29 is 36.8 Å². The molecule has 5 fully saturated rings. The summed E-state index contributed by atoms with van der Waals surface area (Å²) in [5, 5.41) is 7.38. The van der Waals surface area contributed by atoms with Gasteiger partial charge in [0.05, 0.1) is 38.9 Å². The Morgan fingerprint density at radius 1 is 0.924 bits per heavy atom. The van der Waals surface area contributed by atoms with E-state index in [-0.39, 0.29) is 70.1 Å². The van der Waals surface area contributed by atoms with Crippen molar-refractivity contribution in [3.8, 4) is 21.8 Å². The van der Waals surface area contributed by atoms with Gasteiger partial charge in [0.25, 0.3) is 11.8 Å². The predicted molar refractivity (Wildman–Crippen MR) is 243 cm³/mol. The molecule has 20 heteroatoms. The molecule has 2 aromatic heterocycles. The van der Waals surface area contributed by atoms with Gasteiger partial charge in [-0.25, -0.2) is 32.9 Å². The molecule has 1 saturated carbocycles. The molecule has 4 aromatic rings. The predicted octanol–water partition coefficient (Wildman–Crippen LogP) is 4.22. The third-order valence-electron chi connectivity index (χ3n) is 14.9. The Bertz CT molecular complexity index is 2790. The molecule has 0 radical (unpaired) electrons. The van der Waals surface area contributed by atoms with Crippen LogP contribution in [0, 0.1) is 16.6 Å². The Morgan fingerprint density at radius 2 is 1.64 bits per heavy atom. The number of nitrogen functional groups attached to an aromatic ring is 1. The number of benzene rings is 2. The quantitative estimate of drug-likeness (QED) is 0.189. The highest BCUT2D eigenvalue weighted by Gasteiger charge is 2.50. The summed E-state index contributed by atoms with van der Waals surface area (Å²) < 4.78 is 41.1. The minimum atomic E-state index is -4.07. The van der Waals surface area contributed by atoms with Gasteiger partial charge < -0.3 is 15.5 Å². The molecular weight excluding hydrogens is 888 g/mol.